The zero-order valence-electron chi connectivity index (χ0n) is 17.9. The molecule has 0 fully saturated rings. The fraction of sp³-hybridized carbons (Fsp3) is 0.292. The molecule has 0 unspecified atom stereocenters. The van der Waals surface area contributed by atoms with Crippen LogP contribution in [0.3, 0.4) is 0 Å². The van der Waals surface area contributed by atoms with Crippen LogP contribution < -0.4 is 16.6 Å². The number of H-pyrrole nitrogens is 1. The van der Waals surface area contributed by atoms with Gasteiger partial charge in [0.2, 0.25) is 5.91 Å². The summed E-state index contributed by atoms with van der Waals surface area (Å²) in [6.45, 7) is 2.28. The van der Waals surface area contributed by atoms with Gasteiger partial charge in [0.25, 0.3) is 5.56 Å². The number of carbonyl (C=O) groups excluding carboxylic acids is 1. The number of nitrogens with zero attached hydrogens (tertiary/aromatic N) is 3. The molecule has 8 heteroatoms. The van der Waals surface area contributed by atoms with E-state index in [1.54, 1.807) is 18.2 Å². The van der Waals surface area contributed by atoms with Crippen LogP contribution in [-0.4, -0.2) is 25.4 Å². The first-order valence-electron chi connectivity index (χ1n) is 10.8. The van der Waals surface area contributed by atoms with E-state index in [-0.39, 0.29) is 23.6 Å². The Morgan fingerprint density at radius 3 is 2.59 bits per heavy atom. The molecule has 0 spiro atoms. The zero-order chi connectivity index (χ0) is 22.5. The van der Waals surface area contributed by atoms with Crippen LogP contribution >= 0.6 is 0 Å². The highest BCUT2D eigenvalue weighted by Gasteiger charge is 2.13. The van der Waals surface area contributed by atoms with Gasteiger partial charge in [0.15, 0.2) is 11.2 Å². The number of hydrogen-bond donors (Lipinski definition) is 2. The van der Waals surface area contributed by atoms with Gasteiger partial charge >= 0.3 is 5.69 Å². The van der Waals surface area contributed by atoms with E-state index in [1.807, 2.05) is 30.3 Å². The Hall–Kier alpha value is -3.81. The number of nitrogens with one attached hydrogen (secondary N) is 2. The molecule has 0 bridgehead atoms. The zero-order valence-corrected chi connectivity index (χ0v) is 17.9. The molecular weight excluding hydrogens is 406 g/mol. The minimum Gasteiger partial charge on any atom is -0.326 e. The summed E-state index contributed by atoms with van der Waals surface area (Å²) in [5.74, 6) is -0.0496. The SMILES string of the molecule is CCCCCCC(=O)Nc1ccc2nc3c(=O)n(Cc4ccccc4)c(=O)[nH]c3nc2c1. The number of fused-ring (bicyclic) bond motifs is 2. The summed E-state index contributed by atoms with van der Waals surface area (Å²) in [7, 11) is 0. The van der Waals surface area contributed by atoms with Crippen molar-refractivity contribution in [2.45, 2.75) is 45.6 Å². The summed E-state index contributed by atoms with van der Waals surface area (Å²) in [6.07, 6.45) is 4.60. The molecule has 1 amide bonds. The second-order valence-corrected chi connectivity index (χ2v) is 7.79. The lowest BCUT2D eigenvalue weighted by Crippen LogP contribution is -2.36. The Balaban J connectivity index is 1.62. The average Bonchev–Trinajstić information content (AvgIpc) is 2.79. The van der Waals surface area contributed by atoms with E-state index in [0.29, 0.717) is 23.1 Å². The molecule has 2 heterocycles. The Labute approximate surface area is 184 Å². The number of carbonyl (C=O) groups is 1. The standard InChI is InChI=1S/C24H25N5O3/c1-2-3-4-8-11-20(30)25-17-12-13-18-19(14-17)27-22-21(26-18)23(31)29(24(32)28-22)15-16-9-6-5-7-10-16/h5-7,9-10,12-14H,2-4,8,11,15H2,1H3,(H,25,30)(H,27,28,32). The number of unbranched alkanes of at least 4 members (excludes halogenated alkanes) is 3. The van der Waals surface area contributed by atoms with Gasteiger partial charge in [-0.3, -0.25) is 19.1 Å². The van der Waals surface area contributed by atoms with Crippen molar-refractivity contribution in [3.8, 4) is 0 Å². The number of aromatic amines is 1. The number of hydrogen-bond acceptors (Lipinski definition) is 5. The molecule has 2 N–H and O–H groups in total. The van der Waals surface area contributed by atoms with E-state index in [4.69, 9.17) is 0 Å². The van der Waals surface area contributed by atoms with Gasteiger partial charge in [-0.2, -0.15) is 0 Å². The molecule has 0 aliphatic rings. The van der Waals surface area contributed by atoms with Crippen molar-refractivity contribution in [3.63, 3.8) is 0 Å². The molecule has 0 radical (unpaired) electrons. The van der Waals surface area contributed by atoms with Gasteiger partial charge < -0.3 is 5.32 Å². The van der Waals surface area contributed by atoms with Gasteiger partial charge in [0.1, 0.15) is 0 Å². The lowest BCUT2D eigenvalue weighted by Gasteiger charge is -2.08. The molecule has 164 valence electrons. The lowest BCUT2D eigenvalue weighted by atomic mass is 10.1. The number of aromatic nitrogens is 4. The fourth-order valence-corrected chi connectivity index (χ4v) is 3.60. The highest BCUT2D eigenvalue weighted by atomic mass is 16.2. The number of amides is 1. The van der Waals surface area contributed by atoms with Crippen molar-refractivity contribution in [1.82, 2.24) is 19.5 Å². The van der Waals surface area contributed by atoms with Crippen molar-refractivity contribution in [1.29, 1.82) is 0 Å². The first kappa shape index (κ1) is 21.4. The molecule has 4 rings (SSSR count). The van der Waals surface area contributed by atoms with E-state index in [9.17, 15) is 14.4 Å². The Morgan fingerprint density at radius 2 is 1.81 bits per heavy atom. The molecule has 0 saturated heterocycles. The van der Waals surface area contributed by atoms with Gasteiger partial charge in [0.05, 0.1) is 17.6 Å². The molecule has 0 saturated carbocycles. The predicted octanol–water partition coefficient (Wildman–Crippen LogP) is 3.59. The first-order chi connectivity index (χ1) is 15.5. The van der Waals surface area contributed by atoms with E-state index in [2.05, 4.69) is 27.2 Å². The van der Waals surface area contributed by atoms with Gasteiger partial charge in [-0.1, -0.05) is 56.5 Å². The highest BCUT2D eigenvalue weighted by Crippen LogP contribution is 2.18. The van der Waals surface area contributed by atoms with Crippen molar-refractivity contribution in [2.75, 3.05) is 5.32 Å². The number of anilines is 1. The van der Waals surface area contributed by atoms with Crippen LogP contribution in [0.15, 0.2) is 58.1 Å². The van der Waals surface area contributed by atoms with Crippen LogP contribution in [-0.2, 0) is 11.3 Å². The predicted molar refractivity (Wildman–Crippen MR) is 125 cm³/mol. The Kier molecular flexibility index (Phi) is 6.39. The summed E-state index contributed by atoms with van der Waals surface area (Å²) in [5.41, 5.74) is 1.62. The molecule has 0 atom stereocenters. The molecule has 4 aromatic rings. The monoisotopic (exact) mass is 431 g/mol. The van der Waals surface area contributed by atoms with Crippen LogP contribution in [0.25, 0.3) is 22.2 Å². The van der Waals surface area contributed by atoms with Crippen LogP contribution in [0.5, 0.6) is 0 Å². The van der Waals surface area contributed by atoms with Crippen LogP contribution in [0, 0.1) is 0 Å². The maximum absolute atomic E-state index is 12.9. The van der Waals surface area contributed by atoms with Crippen molar-refractivity contribution >= 4 is 33.8 Å². The van der Waals surface area contributed by atoms with Crippen molar-refractivity contribution in [2.24, 2.45) is 0 Å². The van der Waals surface area contributed by atoms with Crippen molar-refractivity contribution < 1.29 is 4.79 Å². The third kappa shape index (κ3) is 4.74. The second kappa shape index (κ2) is 9.55. The van der Waals surface area contributed by atoms with E-state index in [1.165, 1.54) is 0 Å². The van der Waals surface area contributed by atoms with E-state index in [0.717, 1.165) is 35.8 Å². The third-order valence-electron chi connectivity index (χ3n) is 5.31. The summed E-state index contributed by atoms with van der Waals surface area (Å²) < 4.78 is 1.12. The Morgan fingerprint density at radius 1 is 1.00 bits per heavy atom. The smallest absolute Gasteiger partial charge is 0.326 e. The summed E-state index contributed by atoms with van der Waals surface area (Å²) in [6, 6.07) is 14.4. The van der Waals surface area contributed by atoms with Gasteiger partial charge in [-0.15, -0.1) is 0 Å². The second-order valence-electron chi connectivity index (χ2n) is 7.79. The Bertz CT molecular complexity index is 1380. The molecule has 0 aliphatic carbocycles. The maximum Gasteiger partial charge on any atom is 0.330 e. The normalized spacial score (nSPS) is 11.2. The topological polar surface area (TPSA) is 110 Å². The fourth-order valence-electron chi connectivity index (χ4n) is 3.60. The molecular formula is C24H25N5O3. The first-order valence-corrected chi connectivity index (χ1v) is 10.8. The minimum absolute atomic E-state index is 0.0496. The number of benzene rings is 2. The van der Waals surface area contributed by atoms with E-state index >= 15 is 0 Å². The summed E-state index contributed by atoms with van der Waals surface area (Å²) in [5, 5.41) is 2.87. The van der Waals surface area contributed by atoms with Crippen LogP contribution in [0.2, 0.25) is 0 Å². The summed E-state index contributed by atoms with van der Waals surface area (Å²) in [4.78, 5) is 49.1. The molecule has 32 heavy (non-hydrogen) atoms. The van der Waals surface area contributed by atoms with Crippen molar-refractivity contribution in [3.05, 3.63) is 74.9 Å². The van der Waals surface area contributed by atoms with Crippen LogP contribution in [0.1, 0.15) is 44.6 Å². The highest BCUT2D eigenvalue weighted by molar-refractivity contribution is 5.93. The molecule has 0 aliphatic heterocycles. The lowest BCUT2D eigenvalue weighted by molar-refractivity contribution is -0.116. The van der Waals surface area contributed by atoms with Crippen LogP contribution in [0.4, 0.5) is 5.69 Å². The quantitative estimate of drug-likeness (QED) is 0.327. The number of rotatable bonds is 8. The minimum atomic E-state index is -0.545. The maximum atomic E-state index is 12.9. The molecule has 2 aromatic carbocycles. The largest absolute Gasteiger partial charge is 0.330 e. The summed E-state index contributed by atoms with van der Waals surface area (Å²) >= 11 is 0. The van der Waals surface area contributed by atoms with E-state index < -0.39 is 11.2 Å². The van der Waals surface area contributed by atoms with Gasteiger partial charge in [0, 0.05) is 12.1 Å². The van der Waals surface area contributed by atoms with Gasteiger partial charge in [-0.05, 0) is 30.2 Å². The third-order valence-corrected chi connectivity index (χ3v) is 5.31. The molecule has 8 nitrogen and oxygen atoms in total. The average molecular weight is 431 g/mol. The molecule has 2 aromatic heterocycles. The van der Waals surface area contributed by atoms with Gasteiger partial charge in [-0.25, -0.2) is 14.8 Å².